The maximum absolute atomic E-state index is 12.4. The molecule has 1 aliphatic carbocycles. The molecule has 1 heterocycles. The van der Waals surface area contributed by atoms with E-state index < -0.39 is 10.0 Å². The molecule has 114 valence electrons. The molecule has 1 aromatic rings. The fourth-order valence-corrected chi connectivity index (χ4v) is 3.56. The van der Waals surface area contributed by atoms with Crippen molar-refractivity contribution in [2.45, 2.75) is 63.4 Å². The molecule has 0 radical (unpaired) electrons. The maximum Gasteiger partial charge on any atom is 0.244 e. The molecular weight excluding hydrogens is 276 g/mol. The number of aryl methyl sites for hydroxylation is 1. The van der Waals surface area contributed by atoms with Crippen molar-refractivity contribution in [3.63, 3.8) is 0 Å². The number of nitrogens with zero attached hydrogens (tertiary/aromatic N) is 1. The van der Waals surface area contributed by atoms with Crippen LogP contribution >= 0.6 is 0 Å². The Kier molecular flexibility index (Phi) is 5.17. The van der Waals surface area contributed by atoms with Gasteiger partial charge in [0.1, 0.15) is 4.90 Å². The number of hydrogen-bond acceptors (Lipinski definition) is 4. The molecule has 7 heteroatoms. The molecule has 3 N–H and O–H groups in total. The monoisotopic (exact) mass is 300 g/mol. The van der Waals surface area contributed by atoms with Gasteiger partial charge in [0.05, 0.1) is 11.4 Å². The highest BCUT2D eigenvalue weighted by molar-refractivity contribution is 7.89. The number of unbranched alkanes of at least 4 members (excludes halogenated alkanes) is 2. The first kappa shape index (κ1) is 15.5. The SMILES string of the molecule is CCCCCNS(=O)(=O)c1c(CNC2CC2)n[nH]c1C. The van der Waals surface area contributed by atoms with Crippen LogP contribution in [-0.2, 0) is 16.6 Å². The Balaban J connectivity index is 2.02. The molecule has 0 amide bonds. The first-order valence-corrected chi connectivity index (χ1v) is 8.79. The highest BCUT2D eigenvalue weighted by Gasteiger charge is 2.26. The van der Waals surface area contributed by atoms with Crippen LogP contribution in [0.2, 0.25) is 0 Å². The van der Waals surface area contributed by atoms with Crippen molar-refractivity contribution in [3.05, 3.63) is 11.4 Å². The van der Waals surface area contributed by atoms with Crippen LogP contribution in [0, 0.1) is 6.92 Å². The molecule has 0 atom stereocenters. The van der Waals surface area contributed by atoms with Crippen LogP contribution in [0.4, 0.5) is 0 Å². The number of aromatic amines is 1. The second kappa shape index (κ2) is 6.69. The van der Waals surface area contributed by atoms with Gasteiger partial charge in [0.25, 0.3) is 0 Å². The molecule has 2 rings (SSSR count). The average Bonchev–Trinajstić information content (AvgIpc) is 3.15. The third-order valence-electron chi connectivity index (χ3n) is 3.44. The highest BCUT2D eigenvalue weighted by atomic mass is 32.2. The first-order chi connectivity index (χ1) is 9.54. The average molecular weight is 300 g/mol. The zero-order chi connectivity index (χ0) is 14.6. The Hall–Kier alpha value is -0.920. The summed E-state index contributed by atoms with van der Waals surface area (Å²) in [5, 5.41) is 10.2. The molecule has 6 nitrogen and oxygen atoms in total. The van der Waals surface area contributed by atoms with Crippen molar-refractivity contribution in [3.8, 4) is 0 Å². The largest absolute Gasteiger partial charge is 0.308 e. The highest BCUT2D eigenvalue weighted by Crippen LogP contribution is 2.22. The van der Waals surface area contributed by atoms with Crippen molar-refractivity contribution >= 4 is 10.0 Å². The minimum absolute atomic E-state index is 0.308. The lowest BCUT2D eigenvalue weighted by molar-refractivity contribution is 0.572. The second-order valence-electron chi connectivity index (χ2n) is 5.38. The summed E-state index contributed by atoms with van der Waals surface area (Å²) >= 11 is 0. The molecule has 0 bridgehead atoms. The van der Waals surface area contributed by atoms with E-state index in [1.54, 1.807) is 6.92 Å². The fourth-order valence-electron chi connectivity index (χ4n) is 2.13. The molecule has 20 heavy (non-hydrogen) atoms. The lowest BCUT2D eigenvalue weighted by atomic mass is 10.3. The first-order valence-electron chi connectivity index (χ1n) is 7.31. The van der Waals surface area contributed by atoms with E-state index in [1.807, 2.05) is 0 Å². The van der Waals surface area contributed by atoms with E-state index in [1.165, 1.54) is 12.8 Å². The Labute approximate surface area is 120 Å². The predicted molar refractivity (Wildman–Crippen MR) is 77.9 cm³/mol. The summed E-state index contributed by atoms with van der Waals surface area (Å²) in [4.78, 5) is 0.308. The third kappa shape index (κ3) is 4.04. The molecule has 0 aliphatic heterocycles. The van der Waals surface area contributed by atoms with Crippen LogP contribution in [0.1, 0.15) is 50.4 Å². The van der Waals surface area contributed by atoms with E-state index in [-0.39, 0.29) is 0 Å². The Bertz CT molecular complexity index is 535. The van der Waals surface area contributed by atoms with Gasteiger partial charge in [0.2, 0.25) is 10.0 Å². The van der Waals surface area contributed by atoms with Crippen molar-refractivity contribution in [1.82, 2.24) is 20.2 Å². The van der Waals surface area contributed by atoms with E-state index in [0.717, 1.165) is 19.3 Å². The molecule has 0 saturated heterocycles. The molecule has 1 aromatic heterocycles. The lowest BCUT2D eigenvalue weighted by Crippen LogP contribution is -2.27. The van der Waals surface area contributed by atoms with Gasteiger partial charge >= 0.3 is 0 Å². The zero-order valence-corrected chi connectivity index (χ0v) is 13.0. The van der Waals surface area contributed by atoms with Crippen LogP contribution < -0.4 is 10.0 Å². The number of hydrogen-bond donors (Lipinski definition) is 3. The summed E-state index contributed by atoms with van der Waals surface area (Å²) in [6.07, 6.45) is 5.30. The van der Waals surface area contributed by atoms with Crippen LogP contribution in [-0.4, -0.2) is 31.2 Å². The van der Waals surface area contributed by atoms with E-state index in [9.17, 15) is 8.42 Å². The Morgan fingerprint density at radius 3 is 2.75 bits per heavy atom. The van der Waals surface area contributed by atoms with Gasteiger partial charge in [0.15, 0.2) is 0 Å². The van der Waals surface area contributed by atoms with E-state index >= 15 is 0 Å². The van der Waals surface area contributed by atoms with Crippen molar-refractivity contribution < 1.29 is 8.42 Å². The van der Waals surface area contributed by atoms with Gasteiger partial charge in [-0.2, -0.15) is 5.10 Å². The summed E-state index contributed by atoms with van der Waals surface area (Å²) in [5.41, 5.74) is 1.18. The van der Waals surface area contributed by atoms with E-state index in [2.05, 4.69) is 27.2 Å². The Morgan fingerprint density at radius 1 is 1.35 bits per heavy atom. The molecular formula is C13H24N4O2S. The van der Waals surface area contributed by atoms with Gasteiger partial charge in [-0.25, -0.2) is 13.1 Å². The normalized spacial score (nSPS) is 15.7. The lowest BCUT2D eigenvalue weighted by Gasteiger charge is -2.08. The minimum Gasteiger partial charge on any atom is -0.308 e. The van der Waals surface area contributed by atoms with Gasteiger partial charge in [-0.15, -0.1) is 0 Å². The van der Waals surface area contributed by atoms with Crippen LogP contribution in [0.5, 0.6) is 0 Å². The van der Waals surface area contributed by atoms with Crippen LogP contribution in [0.25, 0.3) is 0 Å². The summed E-state index contributed by atoms with van der Waals surface area (Å²) in [7, 11) is -3.47. The molecule has 1 saturated carbocycles. The second-order valence-corrected chi connectivity index (χ2v) is 7.09. The quantitative estimate of drug-likeness (QED) is 0.602. The Morgan fingerprint density at radius 2 is 2.10 bits per heavy atom. The number of aromatic nitrogens is 2. The molecule has 0 unspecified atom stereocenters. The predicted octanol–water partition coefficient (Wildman–Crippen LogP) is 1.44. The summed E-state index contributed by atoms with van der Waals surface area (Å²) < 4.78 is 27.4. The summed E-state index contributed by atoms with van der Waals surface area (Å²) in [6.45, 7) is 4.82. The van der Waals surface area contributed by atoms with Gasteiger partial charge in [0, 0.05) is 19.1 Å². The van der Waals surface area contributed by atoms with Crippen molar-refractivity contribution in [2.75, 3.05) is 6.54 Å². The molecule has 0 aromatic carbocycles. The molecule has 1 fully saturated rings. The molecule has 0 spiro atoms. The standard InChI is InChI=1S/C13H24N4O2S/c1-3-4-5-8-15-20(18,19)13-10(2)16-17-12(13)9-14-11-6-7-11/h11,14-15H,3-9H2,1-2H3,(H,16,17). The summed E-state index contributed by atoms with van der Waals surface area (Å²) in [6, 6.07) is 0.528. The van der Waals surface area contributed by atoms with E-state index in [4.69, 9.17) is 0 Å². The van der Waals surface area contributed by atoms with Crippen LogP contribution in [0.15, 0.2) is 4.90 Å². The topological polar surface area (TPSA) is 86.9 Å². The van der Waals surface area contributed by atoms with Gasteiger partial charge < -0.3 is 5.32 Å². The number of sulfonamides is 1. The minimum atomic E-state index is -3.47. The number of H-pyrrole nitrogens is 1. The van der Waals surface area contributed by atoms with E-state index in [0.29, 0.717) is 35.4 Å². The van der Waals surface area contributed by atoms with Crippen molar-refractivity contribution in [1.29, 1.82) is 0 Å². The third-order valence-corrected chi connectivity index (χ3v) is 5.10. The zero-order valence-electron chi connectivity index (χ0n) is 12.2. The van der Waals surface area contributed by atoms with Crippen molar-refractivity contribution in [2.24, 2.45) is 0 Å². The maximum atomic E-state index is 12.4. The smallest absolute Gasteiger partial charge is 0.244 e. The fraction of sp³-hybridized carbons (Fsp3) is 0.769. The van der Waals surface area contributed by atoms with Gasteiger partial charge in [-0.3, -0.25) is 5.10 Å². The molecule has 1 aliphatic rings. The summed E-state index contributed by atoms with van der Waals surface area (Å²) in [5.74, 6) is 0. The van der Waals surface area contributed by atoms with Crippen LogP contribution in [0.3, 0.4) is 0 Å². The van der Waals surface area contributed by atoms with Gasteiger partial charge in [-0.1, -0.05) is 19.8 Å². The number of nitrogens with one attached hydrogen (secondary N) is 3. The number of rotatable bonds is 9. The van der Waals surface area contributed by atoms with Gasteiger partial charge in [-0.05, 0) is 26.2 Å².